The summed E-state index contributed by atoms with van der Waals surface area (Å²) in [5.74, 6) is 1.70. The van der Waals surface area contributed by atoms with Gasteiger partial charge in [-0.05, 0) is 32.5 Å². The van der Waals surface area contributed by atoms with E-state index in [9.17, 15) is 0 Å². The highest BCUT2D eigenvalue weighted by Gasteiger charge is 2.24. The first-order chi connectivity index (χ1) is 8.24. The van der Waals surface area contributed by atoms with Crippen molar-refractivity contribution < 1.29 is 4.42 Å². The van der Waals surface area contributed by atoms with E-state index in [-0.39, 0.29) is 0 Å². The molecule has 2 N–H and O–H groups in total. The molecule has 0 bridgehead atoms. The van der Waals surface area contributed by atoms with E-state index < -0.39 is 0 Å². The summed E-state index contributed by atoms with van der Waals surface area (Å²) >= 11 is 0. The molecule has 1 aliphatic heterocycles. The van der Waals surface area contributed by atoms with Gasteiger partial charge in [0.1, 0.15) is 6.26 Å². The van der Waals surface area contributed by atoms with Gasteiger partial charge in [-0.1, -0.05) is 13.8 Å². The maximum atomic E-state index is 5.64. The van der Waals surface area contributed by atoms with Crippen LogP contribution >= 0.6 is 0 Å². The lowest BCUT2D eigenvalue weighted by molar-refractivity contribution is 0.208. The monoisotopic (exact) mass is 237 g/mol. The normalized spacial score (nSPS) is 20.6. The van der Waals surface area contributed by atoms with E-state index in [1.807, 2.05) is 0 Å². The Bertz CT molecular complexity index is 342. The number of nitrogens with two attached hydrogens (primary N) is 1. The van der Waals surface area contributed by atoms with Gasteiger partial charge < -0.3 is 15.1 Å². The van der Waals surface area contributed by atoms with Crippen molar-refractivity contribution in [1.82, 2.24) is 9.88 Å². The number of nitrogens with zero attached hydrogens (tertiary/aromatic N) is 2. The zero-order valence-electron chi connectivity index (χ0n) is 10.9. The Labute approximate surface area is 103 Å². The van der Waals surface area contributed by atoms with Gasteiger partial charge in [0.25, 0.3) is 0 Å². The van der Waals surface area contributed by atoms with Crippen molar-refractivity contribution in [3.63, 3.8) is 0 Å². The molecule has 4 nitrogen and oxygen atoms in total. The van der Waals surface area contributed by atoms with Crippen molar-refractivity contribution in [2.45, 2.75) is 38.5 Å². The van der Waals surface area contributed by atoms with Gasteiger partial charge in [-0.25, -0.2) is 4.98 Å². The van der Waals surface area contributed by atoms with E-state index in [1.165, 1.54) is 0 Å². The van der Waals surface area contributed by atoms with Gasteiger partial charge in [0.05, 0.1) is 5.69 Å². The summed E-state index contributed by atoms with van der Waals surface area (Å²) in [4.78, 5) is 7.07. The van der Waals surface area contributed by atoms with E-state index in [0.717, 1.165) is 44.1 Å². The summed E-state index contributed by atoms with van der Waals surface area (Å²) in [6, 6.07) is 0. The van der Waals surface area contributed by atoms with Crippen molar-refractivity contribution in [2.75, 3.05) is 26.2 Å². The van der Waals surface area contributed by atoms with Crippen LogP contribution in [0.2, 0.25) is 0 Å². The molecule has 1 saturated heterocycles. The van der Waals surface area contributed by atoms with E-state index in [1.54, 1.807) is 6.26 Å². The van der Waals surface area contributed by atoms with Gasteiger partial charge in [-0.15, -0.1) is 0 Å². The molecule has 1 aromatic rings. The fourth-order valence-electron chi connectivity index (χ4n) is 2.33. The van der Waals surface area contributed by atoms with Crippen LogP contribution in [0.4, 0.5) is 0 Å². The van der Waals surface area contributed by atoms with E-state index in [0.29, 0.717) is 18.4 Å². The maximum Gasteiger partial charge on any atom is 0.197 e. The first kappa shape index (κ1) is 12.6. The molecule has 0 spiro atoms. The Hall–Kier alpha value is -0.870. The fourth-order valence-corrected chi connectivity index (χ4v) is 2.33. The highest BCUT2D eigenvalue weighted by molar-refractivity contribution is 5.06. The number of rotatable bonds is 4. The third-order valence-corrected chi connectivity index (χ3v) is 3.78. The summed E-state index contributed by atoms with van der Waals surface area (Å²) < 4.78 is 5.61. The molecule has 2 rings (SSSR count). The highest BCUT2D eigenvalue weighted by atomic mass is 16.3. The third kappa shape index (κ3) is 2.87. The van der Waals surface area contributed by atoms with Gasteiger partial charge in [0.15, 0.2) is 5.89 Å². The zero-order valence-corrected chi connectivity index (χ0v) is 10.9. The summed E-state index contributed by atoms with van der Waals surface area (Å²) in [6.07, 6.45) is 4.09. The van der Waals surface area contributed by atoms with Crippen LogP contribution in [0.1, 0.15) is 50.1 Å². The van der Waals surface area contributed by atoms with Crippen LogP contribution in [0, 0.1) is 0 Å². The molecule has 4 heteroatoms. The molecule has 0 aliphatic carbocycles. The Morgan fingerprint density at radius 2 is 2.24 bits per heavy atom. The van der Waals surface area contributed by atoms with Crippen LogP contribution in [0.3, 0.4) is 0 Å². The summed E-state index contributed by atoms with van der Waals surface area (Å²) in [5, 5.41) is 0. The van der Waals surface area contributed by atoms with Crippen LogP contribution in [0.15, 0.2) is 10.7 Å². The quantitative estimate of drug-likeness (QED) is 0.869. The second-order valence-electron chi connectivity index (χ2n) is 4.96. The van der Waals surface area contributed by atoms with Gasteiger partial charge >= 0.3 is 0 Å². The summed E-state index contributed by atoms with van der Waals surface area (Å²) in [7, 11) is 0. The molecule has 96 valence electrons. The minimum absolute atomic E-state index is 0.295. The minimum atomic E-state index is 0.295. The molecule has 1 fully saturated rings. The van der Waals surface area contributed by atoms with Gasteiger partial charge in [-0.3, -0.25) is 0 Å². The van der Waals surface area contributed by atoms with Crippen LogP contribution in [-0.2, 0) is 0 Å². The molecule has 1 aliphatic rings. The lowest BCUT2D eigenvalue weighted by atomic mass is 9.97. The minimum Gasteiger partial charge on any atom is -0.448 e. The maximum absolute atomic E-state index is 5.64. The lowest BCUT2D eigenvalue weighted by Crippen LogP contribution is -2.32. The van der Waals surface area contributed by atoms with Crippen LogP contribution in [0.25, 0.3) is 0 Å². The predicted octanol–water partition coefficient (Wildman–Crippen LogP) is 1.94. The molecular formula is C13H23N3O. The molecular weight excluding hydrogens is 214 g/mol. The van der Waals surface area contributed by atoms with Crippen molar-refractivity contribution in [1.29, 1.82) is 0 Å². The van der Waals surface area contributed by atoms with Crippen LogP contribution in [-0.4, -0.2) is 36.1 Å². The first-order valence-corrected chi connectivity index (χ1v) is 6.62. The van der Waals surface area contributed by atoms with E-state index in [4.69, 9.17) is 10.2 Å². The SMILES string of the molecule is CCN1CCC(c2nc(C(C)CN)co2)CC1. The molecule has 0 aromatic carbocycles. The molecule has 0 saturated carbocycles. The van der Waals surface area contributed by atoms with E-state index >= 15 is 0 Å². The Morgan fingerprint density at radius 1 is 1.53 bits per heavy atom. The Morgan fingerprint density at radius 3 is 2.82 bits per heavy atom. The molecule has 1 unspecified atom stereocenters. The third-order valence-electron chi connectivity index (χ3n) is 3.78. The fraction of sp³-hybridized carbons (Fsp3) is 0.769. The average molecular weight is 237 g/mol. The molecule has 1 atom stereocenters. The predicted molar refractivity (Wildman–Crippen MR) is 68.1 cm³/mol. The zero-order chi connectivity index (χ0) is 12.3. The number of aromatic nitrogens is 1. The molecule has 0 radical (unpaired) electrons. The van der Waals surface area contributed by atoms with Gasteiger partial charge in [-0.2, -0.15) is 0 Å². The van der Waals surface area contributed by atoms with Crippen LogP contribution < -0.4 is 5.73 Å². The summed E-state index contributed by atoms with van der Waals surface area (Å²) in [5.41, 5.74) is 6.64. The Kier molecular flexibility index (Phi) is 4.18. The standard InChI is InChI=1S/C13H23N3O/c1-3-16-6-4-11(5-7-16)13-15-12(9-17-13)10(2)8-14/h9-11H,3-8,14H2,1-2H3. The average Bonchev–Trinajstić information content (AvgIpc) is 2.87. The molecule has 0 amide bonds. The number of likely N-dealkylation sites (tertiary alicyclic amines) is 1. The van der Waals surface area contributed by atoms with Crippen molar-refractivity contribution in [2.24, 2.45) is 5.73 Å². The number of piperidine rings is 1. The number of hydrogen-bond acceptors (Lipinski definition) is 4. The second-order valence-corrected chi connectivity index (χ2v) is 4.96. The number of hydrogen-bond donors (Lipinski definition) is 1. The van der Waals surface area contributed by atoms with Crippen molar-refractivity contribution in [3.05, 3.63) is 17.8 Å². The molecule has 17 heavy (non-hydrogen) atoms. The highest BCUT2D eigenvalue weighted by Crippen LogP contribution is 2.28. The van der Waals surface area contributed by atoms with E-state index in [2.05, 4.69) is 23.7 Å². The smallest absolute Gasteiger partial charge is 0.197 e. The van der Waals surface area contributed by atoms with Crippen molar-refractivity contribution >= 4 is 0 Å². The largest absolute Gasteiger partial charge is 0.448 e. The van der Waals surface area contributed by atoms with Crippen LogP contribution in [0.5, 0.6) is 0 Å². The molecule has 1 aromatic heterocycles. The lowest BCUT2D eigenvalue weighted by Gasteiger charge is -2.29. The van der Waals surface area contributed by atoms with Gasteiger partial charge in [0, 0.05) is 18.4 Å². The van der Waals surface area contributed by atoms with Gasteiger partial charge in [0.2, 0.25) is 0 Å². The topological polar surface area (TPSA) is 55.3 Å². The summed E-state index contributed by atoms with van der Waals surface area (Å²) in [6.45, 7) is 8.39. The number of oxazole rings is 1. The molecule has 2 heterocycles. The first-order valence-electron chi connectivity index (χ1n) is 6.62. The second kappa shape index (κ2) is 5.65. The Balaban J connectivity index is 1.97. The van der Waals surface area contributed by atoms with Crippen molar-refractivity contribution in [3.8, 4) is 0 Å².